The summed E-state index contributed by atoms with van der Waals surface area (Å²) in [5, 5.41) is 12.0. The summed E-state index contributed by atoms with van der Waals surface area (Å²) in [4.78, 5) is 12.3. The molecular weight excluding hydrogens is 302 g/mol. The fraction of sp³-hybridized carbons (Fsp3) is 0.533. The Balaban J connectivity index is 1.83. The van der Waals surface area contributed by atoms with Crippen molar-refractivity contribution in [3.05, 3.63) is 34.9 Å². The third-order valence-electron chi connectivity index (χ3n) is 3.62. The molecule has 0 bridgehead atoms. The molecule has 7 heteroatoms. The SMILES string of the molecule is Cc1cc(C)n(CCCNC(=O)C(C)(C)n2cc(Cl)cn2)n1. The molecule has 2 aromatic heterocycles. The van der Waals surface area contributed by atoms with Gasteiger partial charge >= 0.3 is 0 Å². The molecule has 0 spiro atoms. The molecule has 2 rings (SSSR count). The van der Waals surface area contributed by atoms with Gasteiger partial charge in [-0.05, 0) is 40.2 Å². The van der Waals surface area contributed by atoms with Crippen LogP contribution in [-0.2, 0) is 16.9 Å². The molecule has 0 aliphatic rings. The zero-order chi connectivity index (χ0) is 16.3. The van der Waals surface area contributed by atoms with E-state index in [1.165, 1.54) is 6.20 Å². The van der Waals surface area contributed by atoms with E-state index in [-0.39, 0.29) is 5.91 Å². The predicted molar refractivity (Wildman–Crippen MR) is 85.9 cm³/mol. The van der Waals surface area contributed by atoms with Crippen LogP contribution in [0.15, 0.2) is 18.5 Å². The summed E-state index contributed by atoms with van der Waals surface area (Å²) in [5.74, 6) is -0.0827. The lowest BCUT2D eigenvalue weighted by molar-refractivity contribution is -0.128. The average molecular weight is 324 g/mol. The van der Waals surface area contributed by atoms with Crippen molar-refractivity contribution in [1.82, 2.24) is 24.9 Å². The maximum atomic E-state index is 12.3. The van der Waals surface area contributed by atoms with Crippen LogP contribution in [0.1, 0.15) is 31.7 Å². The standard InChI is InChI=1S/C15H22ClN5O/c1-11-8-12(2)20(19-11)7-5-6-17-14(22)15(3,4)21-10-13(16)9-18-21/h8-10H,5-7H2,1-4H3,(H,17,22). The molecule has 0 aromatic carbocycles. The van der Waals surface area contributed by atoms with Gasteiger partial charge in [-0.25, -0.2) is 0 Å². The predicted octanol–water partition coefficient (Wildman–Crippen LogP) is 2.29. The normalized spacial score (nSPS) is 11.7. The van der Waals surface area contributed by atoms with Crippen LogP contribution in [0.3, 0.4) is 0 Å². The molecule has 1 N–H and O–H groups in total. The number of hydrogen-bond donors (Lipinski definition) is 1. The fourth-order valence-electron chi connectivity index (χ4n) is 2.26. The number of halogens is 1. The van der Waals surface area contributed by atoms with Crippen molar-refractivity contribution < 1.29 is 4.79 Å². The Morgan fingerprint density at radius 3 is 2.68 bits per heavy atom. The molecule has 0 unspecified atom stereocenters. The van der Waals surface area contributed by atoms with Crippen molar-refractivity contribution in [3.8, 4) is 0 Å². The highest BCUT2D eigenvalue weighted by molar-refractivity contribution is 6.30. The van der Waals surface area contributed by atoms with E-state index in [1.807, 2.05) is 38.4 Å². The maximum Gasteiger partial charge on any atom is 0.247 e. The number of nitrogens with zero attached hydrogens (tertiary/aromatic N) is 4. The number of carbonyl (C=O) groups excluding carboxylic acids is 1. The number of aromatic nitrogens is 4. The first-order chi connectivity index (χ1) is 10.3. The Hall–Kier alpha value is -1.82. The van der Waals surface area contributed by atoms with Gasteiger partial charge in [-0.3, -0.25) is 14.2 Å². The van der Waals surface area contributed by atoms with Crippen LogP contribution in [0.4, 0.5) is 0 Å². The monoisotopic (exact) mass is 323 g/mol. The van der Waals surface area contributed by atoms with Crippen LogP contribution in [0.25, 0.3) is 0 Å². The van der Waals surface area contributed by atoms with Crippen LogP contribution in [0.2, 0.25) is 5.02 Å². The van der Waals surface area contributed by atoms with E-state index in [1.54, 1.807) is 10.9 Å². The first kappa shape index (κ1) is 16.5. The van der Waals surface area contributed by atoms with Gasteiger partial charge in [0.15, 0.2) is 0 Å². The number of carbonyl (C=O) groups is 1. The zero-order valence-electron chi connectivity index (χ0n) is 13.4. The molecule has 0 aliphatic carbocycles. The Morgan fingerprint density at radius 1 is 1.41 bits per heavy atom. The van der Waals surface area contributed by atoms with Crippen LogP contribution >= 0.6 is 11.6 Å². The molecule has 0 radical (unpaired) electrons. The third-order valence-corrected chi connectivity index (χ3v) is 3.81. The van der Waals surface area contributed by atoms with Gasteiger partial charge in [0.1, 0.15) is 5.54 Å². The van der Waals surface area contributed by atoms with E-state index < -0.39 is 5.54 Å². The molecule has 2 heterocycles. The minimum absolute atomic E-state index is 0.0827. The Labute approximate surface area is 135 Å². The Kier molecular flexibility index (Phi) is 4.90. The summed E-state index contributed by atoms with van der Waals surface area (Å²) >= 11 is 5.86. The van der Waals surface area contributed by atoms with Gasteiger partial charge in [-0.15, -0.1) is 0 Å². The van der Waals surface area contributed by atoms with Crippen molar-refractivity contribution in [1.29, 1.82) is 0 Å². The zero-order valence-corrected chi connectivity index (χ0v) is 14.2. The van der Waals surface area contributed by atoms with E-state index >= 15 is 0 Å². The Bertz CT molecular complexity index is 659. The highest BCUT2D eigenvalue weighted by atomic mass is 35.5. The van der Waals surface area contributed by atoms with Gasteiger partial charge in [0.25, 0.3) is 0 Å². The van der Waals surface area contributed by atoms with Gasteiger partial charge in [-0.2, -0.15) is 10.2 Å². The lowest BCUT2D eigenvalue weighted by Crippen LogP contribution is -2.45. The van der Waals surface area contributed by atoms with Gasteiger partial charge in [0, 0.05) is 25.0 Å². The van der Waals surface area contributed by atoms with Gasteiger partial charge in [0.05, 0.1) is 16.9 Å². The van der Waals surface area contributed by atoms with Crippen molar-refractivity contribution in [2.45, 2.75) is 46.2 Å². The first-order valence-electron chi connectivity index (χ1n) is 7.30. The summed E-state index contributed by atoms with van der Waals surface area (Å²) < 4.78 is 3.53. The fourth-order valence-corrected chi connectivity index (χ4v) is 2.40. The molecule has 6 nitrogen and oxygen atoms in total. The number of aryl methyl sites for hydroxylation is 3. The molecule has 0 saturated heterocycles. The minimum Gasteiger partial charge on any atom is -0.354 e. The van der Waals surface area contributed by atoms with E-state index in [2.05, 4.69) is 15.5 Å². The van der Waals surface area contributed by atoms with Crippen LogP contribution in [0.5, 0.6) is 0 Å². The van der Waals surface area contributed by atoms with E-state index in [9.17, 15) is 4.79 Å². The highest BCUT2D eigenvalue weighted by Gasteiger charge is 2.30. The quantitative estimate of drug-likeness (QED) is 0.829. The molecule has 0 saturated carbocycles. The van der Waals surface area contributed by atoms with Crippen molar-refractivity contribution in [3.63, 3.8) is 0 Å². The second kappa shape index (κ2) is 6.52. The summed E-state index contributed by atoms with van der Waals surface area (Å²) in [5.41, 5.74) is 1.37. The molecule has 120 valence electrons. The third kappa shape index (κ3) is 3.68. The van der Waals surface area contributed by atoms with Crippen molar-refractivity contribution >= 4 is 17.5 Å². The van der Waals surface area contributed by atoms with Crippen molar-refractivity contribution in [2.24, 2.45) is 0 Å². The largest absolute Gasteiger partial charge is 0.354 e. The molecular formula is C15H22ClN5O. The lowest BCUT2D eigenvalue weighted by atomic mass is 10.1. The molecule has 0 aliphatic heterocycles. The Morgan fingerprint density at radius 2 is 2.14 bits per heavy atom. The van der Waals surface area contributed by atoms with Gasteiger partial charge in [0.2, 0.25) is 5.91 Å². The second-order valence-corrected chi connectivity index (χ2v) is 6.36. The van der Waals surface area contributed by atoms with Gasteiger partial charge < -0.3 is 5.32 Å². The van der Waals surface area contributed by atoms with Crippen molar-refractivity contribution in [2.75, 3.05) is 6.54 Å². The first-order valence-corrected chi connectivity index (χ1v) is 7.68. The average Bonchev–Trinajstić information content (AvgIpc) is 3.01. The lowest BCUT2D eigenvalue weighted by Gasteiger charge is -2.24. The molecule has 0 fully saturated rings. The number of nitrogens with one attached hydrogen (secondary N) is 1. The number of hydrogen-bond acceptors (Lipinski definition) is 3. The smallest absolute Gasteiger partial charge is 0.247 e. The van der Waals surface area contributed by atoms with E-state index in [0.29, 0.717) is 11.6 Å². The second-order valence-electron chi connectivity index (χ2n) is 5.92. The highest BCUT2D eigenvalue weighted by Crippen LogP contribution is 2.17. The summed E-state index contributed by atoms with van der Waals surface area (Å²) in [7, 11) is 0. The molecule has 22 heavy (non-hydrogen) atoms. The van der Waals surface area contributed by atoms with E-state index in [4.69, 9.17) is 11.6 Å². The molecule has 2 aromatic rings. The summed E-state index contributed by atoms with van der Waals surface area (Å²) in [6.45, 7) is 9.01. The molecule has 1 amide bonds. The summed E-state index contributed by atoms with van der Waals surface area (Å²) in [6, 6.07) is 2.04. The minimum atomic E-state index is -0.772. The summed E-state index contributed by atoms with van der Waals surface area (Å²) in [6.07, 6.45) is 4.00. The number of rotatable bonds is 6. The molecule has 0 atom stereocenters. The topological polar surface area (TPSA) is 64.7 Å². The maximum absolute atomic E-state index is 12.3. The van der Waals surface area contributed by atoms with E-state index in [0.717, 1.165) is 24.4 Å². The van der Waals surface area contributed by atoms with Gasteiger partial charge in [-0.1, -0.05) is 11.6 Å². The number of amides is 1. The van der Waals surface area contributed by atoms with Crippen LogP contribution in [0, 0.1) is 13.8 Å². The van der Waals surface area contributed by atoms with Crippen LogP contribution in [-0.4, -0.2) is 32.0 Å². The van der Waals surface area contributed by atoms with Crippen LogP contribution < -0.4 is 5.32 Å².